The third kappa shape index (κ3) is 4.92. The van der Waals surface area contributed by atoms with E-state index < -0.39 is 15.9 Å². The zero-order valence-electron chi connectivity index (χ0n) is 13.3. The molecule has 1 aromatic heterocycles. The van der Waals surface area contributed by atoms with Crippen molar-refractivity contribution in [1.29, 1.82) is 0 Å². The molecule has 0 aliphatic rings. The van der Waals surface area contributed by atoms with Gasteiger partial charge in [0.2, 0.25) is 10.0 Å². The molecule has 0 unspecified atom stereocenters. The van der Waals surface area contributed by atoms with Crippen LogP contribution in [0.1, 0.15) is 23.8 Å². The van der Waals surface area contributed by atoms with Gasteiger partial charge in [-0.25, -0.2) is 13.1 Å². The Morgan fingerprint density at radius 3 is 2.58 bits per heavy atom. The maximum atomic E-state index is 12.3. The predicted octanol–water partition coefficient (Wildman–Crippen LogP) is 1.28. The molecule has 0 aliphatic heterocycles. The summed E-state index contributed by atoms with van der Waals surface area (Å²) in [6, 6.07) is 8.92. The van der Waals surface area contributed by atoms with E-state index in [0.29, 0.717) is 17.9 Å². The lowest BCUT2D eigenvalue weighted by molar-refractivity contribution is 0.102. The lowest BCUT2D eigenvalue weighted by Crippen LogP contribution is -2.26. The van der Waals surface area contributed by atoms with Crippen LogP contribution >= 0.6 is 0 Å². The average Bonchev–Trinajstić information content (AvgIpc) is 2.48. The number of benzene rings is 1. The summed E-state index contributed by atoms with van der Waals surface area (Å²) in [7, 11) is -3.40. The van der Waals surface area contributed by atoms with Crippen LogP contribution in [0.4, 0.5) is 11.4 Å². The maximum Gasteiger partial charge on any atom is 0.276 e. The zero-order chi connectivity index (χ0) is 17.7. The van der Waals surface area contributed by atoms with Crippen LogP contribution in [0.5, 0.6) is 0 Å². The molecule has 24 heavy (non-hydrogen) atoms. The Morgan fingerprint density at radius 1 is 1.21 bits per heavy atom. The van der Waals surface area contributed by atoms with E-state index in [2.05, 4.69) is 15.1 Å². The molecule has 0 radical (unpaired) electrons. The molecular weight excluding hydrogens is 332 g/mol. The van der Waals surface area contributed by atoms with Gasteiger partial charge in [-0.3, -0.25) is 14.3 Å². The summed E-state index contributed by atoms with van der Waals surface area (Å²) in [6.07, 6.45) is 1.76. The van der Waals surface area contributed by atoms with E-state index in [9.17, 15) is 18.0 Å². The summed E-state index contributed by atoms with van der Waals surface area (Å²) >= 11 is 0. The van der Waals surface area contributed by atoms with Crippen LogP contribution in [-0.4, -0.2) is 30.4 Å². The number of aryl methyl sites for hydroxylation is 1. The number of carbonyl (C=O) groups excluding carboxylic acids is 1. The molecule has 2 N–H and O–H groups in total. The molecule has 2 rings (SSSR count). The maximum absolute atomic E-state index is 12.3. The first-order valence-electron chi connectivity index (χ1n) is 7.26. The van der Waals surface area contributed by atoms with Gasteiger partial charge < -0.3 is 5.32 Å². The van der Waals surface area contributed by atoms with Gasteiger partial charge in [-0.15, -0.1) is 0 Å². The van der Waals surface area contributed by atoms with Gasteiger partial charge in [0.05, 0.1) is 11.9 Å². The molecule has 0 atom stereocenters. The minimum Gasteiger partial charge on any atom is -0.321 e. The minimum absolute atomic E-state index is 0.101. The molecule has 0 saturated heterocycles. The Bertz CT molecular complexity index is 906. The van der Waals surface area contributed by atoms with E-state index in [1.807, 2.05) is 6.92 Å². The largest absolute Gasteiger partial charge is 0.321 e. The van der Waals surface area contributed by atoms with Crippen molar-refractivity contribution in [3.63, 3.8) is 0 Å². The van der Waals surface area contributed by atoms with Crippen molar-refractivity contribution in [3.8, 4) is 0 Å². The molecule has 0 spiro atoms. The quantitative estimate of drug-likeness (QED) is 0.815. The van der Waals surface area contributed by atoms with Gasteiger partial charge in [0, 0.05) is 18.3 Å². The van der Waals surface area contributed by atoms with Crippen LogP contribution in [0.3, 0.4) is 0 Å². The minimum atomic E-state index is -3.40. The highest BCUT2D eigenvalue weighted by Gasteiger charge is 2.11. The van der Waals surface area contributed by atoms with Crippen LogP contribution in [0, 0.1) is 0 Å². The molecule has 9 heteroatoms. The van der Waals surface area contributed by atoms with Crippen molar-refractivity contribution < 1.29 is 13.2 Å². The molecule has 0 bridgehead atoms. The third-order valence-electron chi connectivity index (χ3n) is 2.96. The lowest BCUT2D eigenvalue weighted by Gasteiger charge is -2.09. The highest BCUT2D eigenvalue weighted by Crippen LogP contribution is 2.16. The van der Waals surface area contributed by atoms with Crippen LogP contribution in [0.2, 0.25) is 0 Å². The molecule has 0 fully saturated rings. The fraction of sp³-hybridized carbons (Fsp3) is 0.267. The number of nitrogens with one attached hydrogen (secondary N) is 2. The Labute approximate surface area is 139 Å². The van der Waals surface area contributed by atoms with E-state index in [1.165, 1.54) is 22.9 Å². The van der Waals surface area contributed by atoms with Crippen LogP contribution in [0.15, 0.2) is 41.2 Å². The number of aromatic nitrogens is 2. The Balaban J connectivity index is 2.19. The normalized spacial score (nSPS) is 11.1. The topological polar surface area (TPSA) is 110 Å². The number of amides is 1. The Morgan fingerprint density at radius 2 is 1.92 bits per heavy atom. The van der Waals surface area contributed by atoms with Crippen molar-refractivity contribution in [3.05, 3.63) is 52.4 Å². The number of carbonyl (C=O) groups is 1. The lowest BCUT2D eigenvalue weighted by atomic mass is 10.2. The Hall–Kier alpha value is -2.68. The summed E-state index contributed by atoms with van der Waals surface area (Å²) in [6.45, 7) is 2.33. The number of hydrogen-bond donors (Lipinski definition) is 2. The van der Waals surface area contributed by atoms with Gasteiger partial charge in [0.15, 0.2) is 0 Å². The van der Waals surface area contributed by atoms with Gasteiger partial charge in [-0.05, 0) is 30.7 Å². The monoisotopic (exact) mass is 350 g/mol. The van der Waals surface area contributed by atoms with Crippen molar-refractivity contribution in [2.75, 3.05) is 16.3 Å². The van der Waals surface area contributed by atoms with Crippen molar-refractivity contribution >= 4 is 27.3 Å². The van der Waals surface area contributed by atoms with Crippen molar-refractivity contribution in [1.82, 2.24) is 9.78 Å². The fourth-order valence-corrected chi connectivity index (χ4v) is 2.57. The SMILES string of the molecule is CCCn1nc(C(=O)Nc2cccc(NS(C)(=O)=O)c2)ccc1=O. The number of anilines is 2. The Kier molecular flexibility index (Phi) is 5.35. The molecule has 0 saturated carbocycles. The molecule has 0 aliphatic carbocycles. The first kappa shape index (κ1) is 17.7. The number of hydrogen-bond acceptors (Lipinski definition) is 5. The van der Waals surface area contributed by atoms with Gasteiger partial charge in [0.25, 0.3) is 11.5 Å². The van der Waals surface area contributed by atoms with Crippen LogP contribution in [-0.2, 0) is 16.6 Å². The highest BCUT2D eigenvalue weighted by molar-refractivity contribution is 7.92. The highest BCUT2D eigenvalue weighted by atomic mass is 32.2. The molecule has 1 aromatic carbocycles. The average molecular weight is 350 g/mol. The molecule has 8 nitrogen and oxygen atoms in total. The molecule has 128 valence electrons. The first-order chi connectivity index (χ1) is 11.3. The summed E-state index contributed by atoms with van der Waals surface area (Å²) in [5, 5.41) is 6.64. The van der Waals surface area contributed by atoms with Gasteiger partial charge in [-0.2, -0.15) is 5.10 Å². The summed E-state index contributed by atoms with van der Waals surface area (Å²) in [4.78, 5) is 23.9. The second kappa shape index (κ2) is 7.26. The second-order valence-electron chi connectivity index (χ2n) is 5.19. The van der Waals surface area contributed by atoms with Crippen LogP contribution < -0.4 is 15.6 Å². The smallest absolute Gasteiger partial charge is 0.276 e. The van der Waals surface area contributed by atoms with E-state index in [1.54, 1.807) is 18.2 Å². The zero-order valence-corrected chi connectivity index (χ0v) is 14.1. The summed E-state index contributed by atoms with van der Waals surface area (Å²) in [5.74, 6) is -0.489. The molecule has 2 aromatic rings. The van der Waals surface area contributed by atoms with E-state index in [-0.39, 0.29) is 11.3 Å². The fourth-order valence-electron chi connectivity index (χ4n) is 2.01. The summed E-state index contributed by atoms with van der Waals surface area (Å²) in [5.41, 5.74) is 0.570. The standard InChI is InChI=1S/C15H18N4O4S/c1-3-9-19-14(20)8-7-13(17-19)15(21)16-11-5-4-6-12(10-11)18-24(2,22)23/h4-8,10,18H,3,9H2,1-2H3,(H,16,21). The van der Waals surface area contributed by atoms with E-state index in [0.717, 1.165) is 12.7 Å². The van der Waals surface area contributed by atoms with E-state index in [4.69, 9.17) is 0 Å². The second-order valence-corrected chi connectivity index (χ2v) is 6.94. The number of nitrogens with zero attached hydrogens (tertiary/aromatic N) is 2. The number of rotatable bonds is 6. The van der Waals surface area contributed by atoms with Crippen LogP contribution in [0.25, 0.3) is 0 Å². The first-order valence-corrected chi connectivity index (χ1v) is 9.15. The van der Waals surface area contributed by atoms with E-state index >= 15 is 0 Å². The third-order valence-corrected chi connectivity index (χ3v) is 3.56. The van der Waals surface area contributed by atoms with Gasteiger partial charge >= 0.3 is 0 Å². The molecular formula is C15H18N4O4S. The van der Waals surface area contributed by atoms with Gasteiger partial charge in [0.1, 0.15) is 5.69 Å². The summed E-state index contributed by atoms with van der Waals surface area (Å²) < 4.78 is 26.1. The van der Waals surface area contributed by atoms with Crippen molar-refractivity contribution in [2.45, 2.75) is 19.9 Å². The van der Waals surface area contributed by atoms with Crippen molar-refractivity contribution in [2.24, 2.45) is 0 Å². The van der Waals surface area contributed by atoms with Gasteiger partial charge in [-0.1, -0.05) is 13.0 Å². The molecule has 1 heterocycles. The number of sulfonamides is 1. The molecule has 1 amide bonds. The predicted molar refractivity (Wildman–Crippen MR) is 91.6 cm³/mol.